The van der Waals surface area contributed by atoms with Gasteiger partial charge in [0.2, 0.25) is 0 Å². The van der Waals surface area contributed by atoms with E-state index < -0.39 is 0 Å². The zero-order chi connectivity index (χ0) is 48.2. The minimum absolute atomic E-state index is 0.00793. The van der Waals surface area contributed by atoms with E-state index in [1.807, 2.05) is 11.3 Å². The maximum atomic E-state index is 2.94. The van der Waals surface area contributed by atoms with Crippen LogP contribution in [0.2, 0.25) is 0 Å². The molecule has 73 heavy (non-hydrogen) atoms. The average molecular weight is 967 g/mol. The molecule has 9 aliphatic carbocycles. The van der Waals surface area contributed by atoms with Crippen molar-refractivity contribution in [2.45, 2.75) is 146 Å². The Morgan fingerprint density at radius 3 is 1.79 bits per heavy atom. The second-order valence-corrected chi connectivity index (χ2v) is 29.0. The average Bonchev–Trinajstić information content (AvgIpc) is 3.92. The van der Waals surface area contributed by atoms with Gasteiger partial charge in [-0.15, -0.1) is 11.3 Å². The number of aryl methyl sites for hydroxylation is 1. The fourth-order valence-electron chi connectivity index (χ4n) is 20.3. The molecule has 4 heterocycles. The smallest absolute Gasteiger partial charge is 0.333 e. The van der Waals surface area contributed by atoms with Crippen LogP contribution in [0.5, 0.6) is 0 Å². The van der Waals surface area contributed by atoms with Crippen molar-refractivity contribution in [3.63, 3.8) is 0 Å². The topological polar surface area (TPSA) is 8.17 Å². The molecule has 0 N–H and O–H groups in total. The van der Waals surface area contributed by atoms with Gasteiger partial charge in [-0.05, 0) is 258 Å². The van der Waals surface area contributed by atoms with E-state index in [2.05, 4.69) is 153 Å². The number of hydrogen-bond acceptors (Lipinski definition) is 2. The van der Waals surface area contributed by atoms with Gasteiger partial charge in [-0.2, -0.15) is 0 Å². The zero-order valence-electron chi connectivity index (χ0n) is 43.6. The second-order valence-electron chi connectivity index (χ2n) is 28.0. The third kappa shape index (κ3) is 5.38. The van der Waals surface area contributed by atoms with Gasteiger partial charge in [0.1, 0.15) is 0 Å². The van der Waals surface area contributed by atoms with E-state index in [4.69, 9.17) is 0 Å². The molecular formula is C69H67BN2S. The van der Waals surface area contributed by atoms with Crippen LogP contribution in [0.25, 0.3) is 63.9 Å². The Morgan fingerprint density at radius 2 is 1.11 bits per heavy atom. The van der Waals surface area contributed by atoms with Crippen LogP contribution in [0.4, 0.5) is 17.1 Å². The third-order valence-electron chi connectivity index (χ3n) is 22.8. The van der Waals surface area contributed by atoms with E-state index >= 15 is 0 Å². The van der Waals surface area contributed by atoms with Crippen LogP contribution in [0.3, 0.4) is 0 Å². The molecule has 8 fully saturated rings. The van der Waals surface area contributed by atoms with E-state index in [9.17, 15) is 0 Å². The number of hydrogen-bond donors (Lipinski definition) is 0. The first kappa shape index (κ1) is 42.0. The molecule has 0 spiro atoms. The molecule has 2 nitrogen and oxygen atoms in total. The molecule has 4 heteroatoms. The number of anilines is 3. The SMILES string of the molecule is Cc1cc2c(cc1N1c3ccc4ccccc4c3B3c4c(cc5c(sc6ccccc65)c41)-c1cc(C45CC6CC(CC(C6)C4)C5)cc4c5cc(C67CC8CC(CC(C8)C6)C7)ccc5n3c14)C(C)(C)CCC2(C)C. The van der Waals surface area contributed by atoms with E-state index in [1.54, 1.807) is 16.7 Å². The highest BCUT2D eigenvalue weighted by Crippen LogP contribution is 2.64. The lowest BCUT2D eigenvalue weighted by atomic mass is 9.44. The Bertz CT molecular complexity index is 3920. The highest BCUT2D eigenvalue weighted by molar-refractivity contribution is 7.26. The summed E-state index contributed by atoms with van der Waals surface area (Å²) in [5, 5.41) is 8.59. The lowest BCUT2D eigenvalue weighted by Gasteiger charge is -2.57. The van der Waals surface area contributed by atoms with Crippen molar-refractivity contribution >= 4 is 98.9 Å². The van der Waals surface area contributed by atoms with Gasteiger partial charge in [0.25, 0.3) is 0 Å². The van der Waals surface area contributed by atoms with E-state index in [1.165, 1.54) is 193 Å². The van der Waals surface area contributed by atoms with Gasteiger partial charge in [0.05, 0.1) is 10.4 Å². The summed E-state index contributed by atoms with van der Waals surface area (Å²) in [6, 6.07) is 45.5. The molecule has 7 aromatic carbocycles. The second kappa shape index (κ2) is 13.7. The van der Waals surface area contributed by atoms with Gasteiger partial charge in [0, 0.05) is 54.2 Å². The summed E-state index contributed by atoms with van der Waals surface area (Å²) >= 11 is 2.03. The summed E-state index contributed by atoms with van der Waals surface area (Å²) in [7, 11) is 0. The van der Waals surface area contributed by atoms with Gasteiger partial charge in [0.15, 0.2) is 0 Å². The Kier molecular flexibility index (Phi) is 7.90. The fraction of sp³-hybridized carbons (Fsp3) is 0.420. The molecule has 8 saturated carbocycles. The molecule has 0 radical (unpaired) electrons. The predicted molar refractivity (Wildman–Crippen MR) is 310 cm³/mol. The molecule has 2 aromatic heterocycles. The normalized spacial score (nSPS) is 30.3. The van der Waals surface area contributed by atoms with Crippen LogP contribution >= 0.6 is 11.3 Å². The number of aromatic nitrogens is 1. The van der Waals surface area contributed by atoms with Crippen LogP contribution in [0.1, 0.15) is 145 Å². The van der Waals surface area contributed by atoms with Crippen molar-refractivity contribution in [3.8, 4) is 11.1 Å². The van der Waals surface area contributed by atoms with Gasteiger partial charge in [-0.3, -0.25) is 0 Å². The van der Waals surface area contributed by atoms with E-state index in [-0.39, 0.29) is 23.1 Å². The molecule has 20 rings (SSSR count). The van der Waals surface area contributed by atoms with Crippen LogP contribution in [0, 0.1) is 42.4 Å². The van der Waals surface area contributed by atoms with E-state index in [0.29, 0.717) is 5.41 Å². The number of benzene rings is 7. The molecular weight excluding hydrogens is 900 g/mol. The molecule has 0 atom stereocenters. The minimum Gasteiger partial charge on any atom is -0.375 e. The summed E-state index contributed by atoms with van der Waals surface area (Å²) < 4.78 is 5.75. The van der Waals surface area contributed by atoms with Crippen molar-refractivity contribution in [1.82, 2.24) is 4.48 Å². The summed E-state index contributed by atoms with van der Waals surface area (Å²) in [5.74, 6) is 5.43. The molecule has 9 aromatic rings. The van der Waals surface area contributed by atoms with Gasteiger partial charge in [-0.25, -0.2) is 0 Å². The van der Waals surface area contributed by atoms with Crippen LogP contribution in [0.15, 0.2) is 109 Å². The fourth-order valence-corrected chi connectivity index (χ4v) is 21.5. The van der Waals surface area contributed by atoms with Crippen LogP contribution in [-0.4, -0.2) is 11.3 Å². The minimum atomic E-state index is 0.00793. The summed E-state index contributed by atoms with van der Waals surface area (Å²) in [5.41, 5.74) is 21.6. The third-order valence-corrected chi connectivity index (χ3v) is 24.0. The maximum Gasteiger partial charge on any atom is 0.333 e. The van der Waals surface area contributed by atoms with Crippen molar-refractivity contribution in [1.29, 1.82) is 0 Å². The Balaban J connectivity index is 0.995. The van der Waals surface area contributed by atoms with Crippen LogP contribution in [-0.2, 0) is 21.7 Å². The first-order valence-electron chi connectivity index (χ1n) is 29.0. The summed E-state index contributed by atoms with van der Waals surface area (Å²) in [6.45, 7) is 12.4. The highest BCUT2D eigenvalue weighted by Gasteiger charge is 2.54. The van der Waals surface area contributed by atoms with E-state index in [0.717, 1.165) is 35.5 Å². The predicted octanol–water partition coefficient (Wildman–Crippen LogP) is 17.3. The number of thiophene rings is 1. The molecule has 8 bridgehead atoms. The molecule has 0 saturated heterocycles. The molecule has 362 valence electrons. The first-order valence-corrected chi connectivity index (χ1v) is 29.8. The number of rotatable bonds is 3. The first-order chi connectivity index (χ1) is 35.4. The van der Waals surface area contributed by atoms with Crippen molar-refractivity contribution < 1.29 is 0 Å². The summed E-state index contributed by atoms with van der Waals surface area (Å²) in [4.78, 5) is 2.82. The molecule has 11 aliphatic rings. The Labute approximate surface area is 435 Å². The highest BCUT2D eigenvalue weighted by atomic mass is 32.1. The van der Waals surface area contributed by atoms with Crippen molar-refractivity contribution in [2.75, 3.05) is 4.90 Å². The number of nitrogens with zero attached hydrogens (tertiary/aromatic N) is 2. The van der Waals surface area contributed by atoms with Gasteiger partial charge in [-0.1, -0.05) is 88.4 Å². The largest absolute Gasteiger partial charge is 0.375 e. The van der Waals surface area contributed by atoms with Gasteiger partial charge < -0.3 is 9.38 Å². The lowest BCUT2D eigenvalue weighted by molar-refractivity contribution is -0.00527. The molecule has 0 amide bonds. The quantitative estimate of drug-likeness (QED) is 0.160. The number of fused-ring (bicyclic) bond motifs is 14. The van der Waals surface area contributed by atoms with Crippen molar-refractivity contribution in [2.24, 2.45) is 35.5 Å². The van der Waals surface area contributed by atoms with Gasteiger partial charge >= 0.3 is 6.85 Å². The molecule has 0 unspecified atom stereocenters. The standard InChI is InChI=1S/C69H67BN2S/c1-38-20-55-56(67(4,5)19-18-66(55,2)3)31-59(38)71-58-16-14-45-10-6-7-11-48(45)61(58)70-62-51(30-54-49-12-8-9-13-60(49)73-65(54)64(62)71)53-29-47(69-35-42-24-43(36-69)26-44(25-42)37-69)28-52-50-27-46(15-17-57(50)72(70)63(52)53)68-32-39-21-40(33-68)23-41(22-39)34-68/h6-17,20,27-31,39-44H,18-19,21-26,32-37H2,1-5H3. The van der Waals surface area contributed by atoms with Crippen LogP contribution < -0.4 is 15.8 Å². The Morgan fingerprint density at radius 1 is 0.507 bits per heavy atom. The lowest BCUT2D eigenvalue weighted by Crippen LogP contribution is -2.57. The zero-order valence-corrected chi connectivity index (χ0v) is 44.5. The maximum absolute atomic E-state index is 2.94. The summed E-state index contributed by atoms with van der Waals surface area (Å²) in [6.07, 6.45) is 19.6. The Hall–Kier alpha value is -5.32. The molecule has 2 aliphatic heterocycles. The monoisotopic (exact) mass is 967 g/mol. The van der Waals surface area contributed by atoms with Crippen molar-refractivity contribution in [3.05, 3.63) is 137 Å².